The summed E-state index contributed by atoms with van der Waals surface area (Å²) in [6, 6.07) is 12.5. The third-order valence-corrected chi connectivity index (χ3v) is 3.48. The second kappa shape index (κ2) is 5.30. The molecule has 1 heterocycles. The smallest absolute Gasteiger partial charge is 0.0456 e. The summed E-state index contributed by atoms with van der Waals surface area (Å²) in [6.45, 7) is 6.68. The van der Waals surface area contributed by atoms with E-state index in [1.165, 1.54) is 29.9 Å². The van der Waals surface area contributed by atoms with Crippen LogP contribution in [0.15, 0.2) is 36.4 Å². The van der Waals surface area contributed by atoms with Gasteiger partial charge in [-0.15, -0.1) is 0 Å². The quantitative estimate of drug-likeness (QED) is 0.797. The molecule has 0 saturated carbocycles. The van der Waals surface area contributed by atoms with Gasteiger partial charge in [0, 0.05) is 22.8 Å². The highest BCUT2D eigenvalue weighted by Crippen LogP contribution is 2.26. The zero-order valence-corrected chi connectivity index (χ0v) is 11.5. The summed E-state index contributed by atoms with van der Waals surface area (Å²) in [5.41, 5.74) is 10.4. The summed E-state index contributed by atoms with van der Waals surface area (Å²) in [4.78, 5) is 0. The van der Waals surface area contributed by atoms with Gasteiger partial charge in [-0.1, -0.05) is 20.3 Å². The van der Waals surface area contributed by atoms with Gasteiger partial charge in [0.2, 0.25) is 0 Å². The molecule has 0 radical (unpaired) electrons. The molecule has 2 heteroatoms. The summed E-state index contributed by atoms with van der Waals surface area (Å²) in [6.07, 6.45) is 2.44. The normalized spacial score (nSPS) is 12.6. The summed E-state index contributed by atoms with van der Waals surface area (Å²) >= 11 is 0. The number of aryl methyl sites for hydroxylation is 1. The van der Waals surface area contributed by atoms with Crippen LogP contribution in [-0.2, 0) is 0 Å². The maximum Gasteiger partial charge on any atom is 0.0456 e. The van der Waals surface area contributed by atoms with E-state index in [1.807, 2.05) is 12.1 Å². The molecule has 0 amide bonds. The topological polar surface area (TPSA) is 30.9 Å². The molecule has 1 aromatic carbocycles. The number of benzene rings is 1. The van der Waals surface area contributed by atoms with Gasteiger partial charge < -0.3 is 10.3 Å². The maximum atomic E-state index is 5.75. The Morgan fingerprint density at radius 2 is 1.78 bits per heavy atom. The fourth-order valence-corrected chi connectivity index (χ4v) is 2.50. The van der Waals surface area contributed by atoms with Gasteiger partial charge in [-0.25, -0.2) is 0 Å². The number of hydrogen-bond acceptors (Lipinski definition) is 1. The van der Waals surface area contributed by atoms with Crippen LogP contribution in [0.25, 0.3) is 5.69 Å². The van der Waals surface area contributed by atoms with E-state index in [4.69, 9.17) is 5.73 Å². The number of hydrogen-bond donors (Lipinski definition) is 1. The number of nitrogens with zero attached hydrogens (tertiary/aromatic N) is 1. The van der Waals surface area contributed by atoms with E-state index in [1.54, 1.807) is 0 Å². The minimum Gasteiger partial charge on any atom is -0.399 e. The molecular weight excluding hydrogens is 220 g/mol. The van der Waals surface area contributed by atoms with Crippen molar-refractivity contribution >= 4 is 5.69 Å². The molecule has 18 heavy (non-hydrogen) atoms. The van der Waals surface area contributed by atoms with Gasteiger partial charge >= 0.3 is 0 Å². The van der Waals surface area contributed by atoms with Crippen molar-refractivity contribution < 1.29 is 0 Å². The molecule has 0 spiro atoms. The van der Waals surface area contributed by atoms with Crippen LogP contribution in [0.3, 0.4) is 0 Å². The summed E-state index contributed by atoms with van der Waals surface area (Å²) in [7, 11) is 0. The van der Waals surface area contributed by atoms with Gasteiger partial charge in [-0.2, -0.15) is 0 Å². The van der Waals surface area contributed by atoms with Crippen molar-refractivity contribution in [3.8, 4) is 5.69 Å². The zero-order valence-electron chi connectivity index (χ0n) is 11.5. The standard InChI is InChI=1S/C16H22N2/c1-4-5-12(2)16-11-6-13(3)18(16)15-9-7-14(17)8-10-15/h6-12H,4-5,17H2,1-3H3. The predicted molar refractivity (Wildman–Crippen MR) is 78.2 cm³/mol. The largest absolute Gasteiger partial charge is 0.399 e. The SMILES string of the molecule is CCCC(C)c1ccc(C)n1-c1ccc(N)cc1. The number of nitrogen functional groups attached to an aromatic ring is 1. The van der Waals surface area contributed by atoms with Crippen LogP contribution < -0.4 is 5.73 Å². The first kappa shape index (κ1) is 12.7. The van der Waals surface area contributed by atoms with Crippen molar-refractivity contribution in [3.63, 3.8) is 0 Å². The minimum atomic E-state index is 0.584. The van der Waals surface area contributed by atoms with Crippen LogP contribution in [0.5, 0.6) is 0 Å². The van der Waals surface area contributed by atoms with Crippen LogP contribution >= 0.6 is 0 Å². The van der Waals surface area contributed by atoms with E-state index in [0.29, 0.717) is 5.92 Å². The number of nitrogens with two attached hydrogens (primary N) is 1. The molecule has 1 atom stereocenters. The Labute approximate surface area is 109 Å². The second-order valence-electron chi connectivity index (χ2n) is 5.02. The Balaban J connectivity index is 2.43. The fraction of sp³-hybridized carbons (Fsp3) is 0.375. The molecule has 0 aliphatic rings. The lowest BCUT2D eigenvalue weighted by Crippen LogP contribution is -2.05. The lowest BCUT2D eigenvalue weighted by molar-refractivity contribution is 0.633. The second-order valence-corrected chi connectivity index (χ2v) is 5.02. The van der Waals surface area contributed by atoms with Crippen LogP contribution in [0.2, 0.25) is 0 Å². The van der Waals surface area contributed by atoms with E-state index >= 15 is 0 Å². The first-order valence-electron chi connectivity index (χ1n) is 6.67. The first-order chi connectivity index (χ1) is 8.63. The number of rotatable bonds is 4. The maximum absolute atomic E-state index is 5.75. The lowest BCUT2D eigenvalue weighted by Gasteiger charge is -2.17. The Hall–Kier alpha value is -1.70. The van der Waals surface area contributed by atoms with E-state index in [2.05, 4.69) is 49.6 Å². The molecule has 2 nitrogen and oxygen atoms in total. The number of aromatic nitrogens is 1. The van der Waals surface area contributed by atoms with Crippen molar-refractivity contribution in [1.29, 1.82) is 0 Å². The van der Waals surface area contributed by atoms with Crippen molar-refractivity contribution in [3.05, 3.63) is 47.8 Å². The molecule has 2 rings (SSSR count). The van der Waals surface area contributed by atoms with E-state index in [9.17, 15) is 0 Å². The summed E-state index contributed by atoms with van der Waals surface area (Å²) in [5.74, 6) is 0.584. The van der Waals surface area contributed by atoms with Gasteiger partial charge in [0.15, 0.2) is 0 Å². The Morgan fingerprint density at radius 1 is 1.11 bits per heavy atom. The lowest BCUT2D eigenvalue weighted by atomic mass is 10.0. The molecule has 1 unspecified atom stereocenters. The van der Waals surface area contributed by atoms with E-state index in [-0.39, 0.29) is 0 Å². The first-order valence-corrected chi connectivity index (χ1v) is 6.67. The van der Waals surface area contributed by atoms with Gasteiger partial charge in [0.25, 0.3) is 0 Å². The monoisotopic (exact) mass is 242 g/mol. The molecule has 0 bridgehead atoms. The molecule has 0 fully saturated rings. The molecule has 1 aromatic heterocycles. The molecule has 2 aromatic rings. The molecule has 2 N–H and O–H groups in total. The summed E-state index contributed by atoms with van der Waals surface area (Å²) < 4.78 is 2.33. The predicted octanol–water partition coefficient (Wildman–Crippen LogP) is 4.27. The fourth-order valence-electron chi connectivity index (χ4n) is 2.50. The van der Waals surface area contributed by atoms with Crippen LogP contribution in [-0.4, -0.2) is 4.57 Å². The van der Waals surface area contributed by atoms with Gasteiger partial charge in [0.1, 0.15) is 0 Å². The Morgan fingerprint density at radius 3 is 2.39 bits per heavy atom. The third kappa shape index (κ3) is 2.42. The van der Waals surface area contributed by atoms with Gasteiger partial charge in [0.05, 0.1) is 0 Å². The third-order valence-electron chi connectivity index (χ3n) is 3.48. The highest BCUT2D eigenvalue weighted by molar-refractivity contribution is 5.47. The van der Waals surface area contributed by atoms with Gasteiger partial charge in [-0.05, 0) is 55.7 Å². The van der Waals surface area contributed by atoms with Crippen molar-refractivity contribution in [2.45, 2.75) is 39.5 Å². The average molecular weight is 242 g/mol. The van der Waals surface area contributed by atoms with Crippen molar-refractivity contribution in [1.82, 2.24) is 4.57 Å². The highest BCUT2D eigenvalue weighted by atomic mass is 15.0. The molecule has 96 valence electrons. The average Bonchev–Trinajstić information content (AvgIpc) is 2.73. The molecule has 0 aliphatic carbocycles. The highest BCUT2D eigenvalue weighted by Gasteiger charge is 2.12. The van der Waals surface area contributed by atoms with Crippen molar-refractivity contribution in [2.75, 3.05) is 5.73 Å². The Kier molecular flexibility index (Phi) is 3.75. The van der Waals surface area contributed by atoms with Crippen LogP contribution in [0.4, 0.5) is 5.69 Å². The molecule has 0 saturated heterocycles. The van der Waals surface area contributed by atoms with E-state index < -0.39 is 0 Å². The Bertz CT molecular complexity index is 508. The van der Waals surface area contributed by atoms with E-state index in [0.717, 1.165) is 5.69 Å². The molecule has 0 aliphatic heterocycles. The molecular formula is C16H22N2. The zero-order chi connectivity index (χ0) is 13.1. The van der Waals surface area contributed by atoms with Crippen LogP contribution in [0, 0.1) is 6.92 Å². The minimum absolute atomic E-state index is 0.584. The number of anilines is 1. The van der Waals surface area contributed by atoms with Crippen molar-refractivity contribution in [2.24, 2.45) is 0 Å². The van der Waals surface area contributed by atoms with Gasteiger partial charge in [-0.3, -0.25) is 0 Å². The van der Waals surface area contributed by atoms with Crippen LogP contribution in [0.1, 0.15) is 44.0 Å². The summed E-state index contributed by atoms with van der Waals surface area (Å²) in [5, 5.41) is 0.